The Morgan fingerprint density at radius 1 is 0.516 bits per heavy atom. The smallest absolute Gasteiger partial charge is 0.416 e. The average Bonchev–Trinajstić information content (AvgIpc) is 1.51. The first-order valence-corrected chi connectivity index (χ1v) is 29.8. The molecule has 2 heterocycles. The molecule has 0 saturated carbocycles. The number of alkyl halides is 15. The summed E-state index contributed by atoms with van der Waals surface area (Å²) < 4.78 is 241. The molecule has 9 nitrogen and oxygen atoms in total. The third kappa shape index (κ3) is 15.7. The summed E-state index contributed by atoms with van der Waals surface area (Å²) in [6.07, 6.45) is -27.5. The molecule has 25 heteroatoms. The van der Waals surface area contributed by atoms with Crippen molar-refractivity contribution in [3.63, 3.8) is 0 Å². The van der Waals surface area contributed by atoms with Crippen LogP contribution in [0.2, 0.25) is 0 Å². The number of ether oxygens (including phenoxy) is 4. The fraction of sp³-hybridized carbons (Fsp3) is 0.357. The number of hydrogen-bond donors (Lipinski definition) is 0. The number of rotatable bonds is 13. The highest BCUT2D eigenvalue weighted by Gasteiger charge is 2.43. The van der Waals surface area contributed by atoms with E-state index in [1.807, 2.05) is 26.0 Å². The minimum atomic E-state index is -5.12. The fourth-order valence-corrected chi connectivity index (χ4v) is 12.2. The van der Waals surface area contributed by atoms with Gasteiger partial charge in [-0.25, -0.2) is 14.0 Å². The van der Waals surface area contributed by atoms with E-state index in [0.29, 0.717) is 57.8 Å². The molecule has 7 aromatic rings. The van der Waals surface area contributed by atoms with Crippen LogP contribution in [-0.4, -0.2) is 54.1 Å². The van der Waals surface area contributed by atoms with Crippen molar-refractivity contribution in [3.8, 4) is 44.9 Å². The number of aryl methyl sites for hydroxylation is 3. The predicted molar refractivity (Wildman–Crippen MR) is 319 cm³/mol. The predicted octanol–water partition coefficient (Wildman–Crippen LogP) is 20.7. The number of halogens is 16. The van der Waals surface area contributed by atoms with Crippen molar-refractivity contribution >= 4 is 18.0 Å². The van der Waals surface area contributed by atoms with Crippen LogP contribution in [0.4, 0.5) is 79.8 Å². The largest absolute Gasteiger partial charge is 0.496 e. The summed E-state index contributed by atoms with van der Waals surface area (Å²) in [7, 11) is 2.82. The Morgan fingerprint density at radius 2 is 0.968 bits per heavy atom. The lowest BCUT2D eigenvalue weighted by Gasteiger charge is -2.38. The number of Topliss-reactive ketones (excluding diaryl/α,β-unsaturated/α-hetero) is 1. The second-order valence-electron chi connectivity index (χ2n) is 24.1. The summed E-state index contributed by atoms with van der Waals surface area (Å²) in [5.41, 5.74) is 0.185. The maximum atomic E-state index is 14.9. The molecule has 2 amide bonds. The van der Waals surface area contributed by atoms with E-state index in [1.165, 1.54) is 45.1 Å². The number of ketones is 1. The minimum absolute atomic E-state index is 0.0181. The lowest BCUT2D eigenvalue weighted by molar-refractivity contribution is -0.145. The molecule has 2 fully saturated rings. The number of amides is 2. The first-order chi connectivity index (χ1) is 44.2. The van der Waals surface area contributed by atoms with Crippen molar-refractivity contribution in [2.75, 3.05) is 14.2 Å². The summed E-state index contributed by atoms with van der Waals surface area (Å²) in [6, 6.07) is 20.9. The maximum absolute atomic E-state index is 14.9. The van der Waals surface area contributed by atoms with Gasteiger partial charge >= 0.3 is 43.1 Å². The average molecular weight is 1350 g/mol. The molecule has 0 unspecified atom stereocenters. The van der Waals surface area contributed by atoms with Crippen LogP contribution in [0.3, 0.4) is 0 Å². The minimum Gasteiger partial charge on any atom is -0.496 e. The summed E-state index contributed by atoms with van der Waals surface area (Å²) in [6.45, 7) is 9.73. The Hall–Kier alpha value is -8.77. The van der Waals surface area contributed by atoms with Crippen molar-refractivity contribution in [2.45, 2.75) is 148 Å². The van der Waals surface area contributed by atoms with Gasteiger partial charge in [0.15, 0.2) is 5.78 Å². The number of methoxy groups -OCH3 is 2. The highest BCUT2D eigenvalue weighted by atomic mass is 19.4. The molecule has 95 heavy (non-hydrogen) atoms. The zero-order valence-corrected chi connectivity index (χ0v) is 52.1. The van der Waals surface area contributed by atoms with Gasteiger partial charge in [0.2, 0.25) is 0 Å². The number of carbonyl (C=O) groups excluding carboxylic acids is 3. The van der Waals surface area contributed by atoms with E-state index in [2.05, 4.69) is 0 Å². The number of carbonyl (C=O) groups is 3. The lowest BCUT2D eigenvalue weighted by atomic mass is 9.90. The van der Waals surface area contributed by atoms with Crippen LogP contribution in [0.5, 0.6) is 11.5 Å². The van der Waals surface area contributed by atoms with Crippen molar-refractivity contribution in [1.82, 2.24) is 9.80 Å². The van der Waals surface area contributed by atoms with Gasteiger partial charge in [0.25, 0.3) is 0 Å². The van der Waals surface area contributed by atoms with Gasteiger partial charge in [-0.05, 0) is 192 Å². The molecule has 3 aliphatic rings. The lowest BCUT2D eigenvalue weighted by Crippen LogP contribution is -2.44. The number of hydrogen-bond acceptors (Lipinski definition) is 7. The SMILES string of the molecule is COc1cc(F)c(C(C)C)cc1-c1cc2c(cc1CN1C(=O)O[C@H](c3cc(C(F)(F)F)cc(C(F)(F)F)c3)C[C@@H]1C)CCC2.COc1ccc(-c2ccc(C(C)=O)cc2C)cc1-c1ccc(C(F)(F)F)cc1CN1C(=O)O[C@H](c2cc(C(F)(F)F)cc(C(F)(F)F)c2)C[C@@H]1C. The van der Waals surface area contributed by atoms with E-state index in [-0.39, 0.29) is 65.7 Å². The van der Waals surface area contributed by atoms with Gasteiger partial charge in [0.1, 0.15) is 29.5 Å². The summed E-state index contributed by atoms with van der Waals surface area (Å²) in [5.74, 6) is -0.0270. The van der Waals surface area contributed by atoms with Crippen LogP contribution in [0.15, 0.2) is 115 Å². The molecule has 0 bridgehead atoms. The van der Waals surface area contributed by atoms with Gasteiger partial charge in [-0.3, -0.25) is 4.79 Å². The molecular formula is C70H62F16N2O7. The molecule has 506 valence electrons. The second-order valence-corrected chi connectivity index (χ2v) is 24.1. The Labute approximate surface area is 535 Å². The molecule has 0 aromatic heterocycles. The summed E-state index contributed by atoms with van der Waals surface area (Å²) in [4.78, 5) is 41.0. The molecule has 0 N–H and O–H groups in total. The van der Waals surface area contributed by atoms with Crippen LogP contribution in [0.1, 0.15) is 155 Å². The van der Waals surface area contributed by atoms with Gasteiger partial charge in [-0.2, -0.15) is 65.9 Å². The molecule has 2 saturated heterocycles. The third-order valence-electron chi connectivity index (χ3n) is 17.2. The Bertz CT molecular complexity index is 4010. The molecule has 10 rings (SSSR count). The quantitative estimate of drug-likeness (QED) is 0.0838. The zero-order valence-electron chi connectivity index (χ0n) is 52.1. The van der Waals surface area contributed by atoms with Crippen LogP contribution in [0.25, 0.3) is 33.4 Å². The van der Waals surface area contributed by atoms with E-state index in [0.717, 1.165) is 69.7 Å². The van der Waals surface area contributed by atoms with E-state index < -0.39 is 113 Å². The highest BCUT2D eigenvalue weighted by molar-refractivity contribution is 5.95. The Morgan fingerprint density at radius 3 is 1.40 bits per heavy atom. The monoisotopic (exact) mass is 1350 g/mol. The molecule has 0 radical (unpaired) electrons. The molecule has 2 aliphatic heterocycles. The first kappa shape index (κ1) is 70.5. The topological polar surface area (TPSA) is 94.6 Å². The Kier molecular flexibility index (Phi) is 19.9. The van der Waals surface area contributed by atoms with Crippen LogP contribution < -0.4 is 9.47 Å². The van der Waals surface area contributed by atoms with E-state index in [4.69, 9.17) is 18.9 Å². The first-order valence-electron chi connectivity index (χ1n) is 29.8. The van der Waals surface area contributed by atoms with Gasteiger partial charge < -0.3 is 28.7 Å². The maximum Gasteiger partial charge on any atom is 0.416 e. The van der Waals surface area contributed by atoms with Gasteiger partial charge in [0, 0.05) is 60.8 Å². The molecule has 7 aromatic carbocycles. The molecule has 1 aliphatic carbocycles. The van der Waals surface area contributed by atoms with Crippen molar-refractivity contribution < 1.29 is 104 Å². The second kappa shape index (κ2) is 26.8. The number of fused-ring (bicyclic) bond motifs is 1. The normalized spacial score (nSPS) is 17.9. The van der Waals surface area contributed by atoms with E-state index in [9.17, 15) is 84.6 Å². The van der Waals surface area contributed by atoms with Crippen LogP contribution in [-0.2, 0) is 66.3 Å². The van der Waals surface area contributed by atoms with Gasteiger partial charge in [-0.15, -0.1) is 0 Å². The van der Waals surface area contributed by atoms with Crippen LogP contribution >= 0.6 is 0 Å². The third-order valence-corrected chi connectivity index (χ3v) is 17.2. The molecular weight excluding hydrogens is 1280 g/mol. The summed E-state index contributed by atoms with van der Waals surface area (Å²) >= 11 is 0. The Balaban J connectivity index is 0.000000226. The van der Waals surface area contributed by atoms with Crippen molar-refractivity contribution in [2.24, 2.45) is 0 Å². The van der Waals surface area contributed by atoms with Crippen LogP contribution in [0, 0.1) is 12.7 Å². The molecule has 4 atom stereocenters. The fourth-order valence-electron chi connectivity index (χ4n) is 12.2. The van der Waals surface area contributed by atoms with Crippen molar-refractivity contribution in [3.05, 3.63) is 199 Å². The van der Waals surface area contributed by atoms with Gasteiger partial charge in [-0.1, -0.05) is 50.2 Å². The summed E-state index contributed by atoms with van der Waals surface area (Å²) in [5, 5.41) is 0. The van der Waals surface area contributed by atoms with Crippen molar-refractivity contribution in [1.29, 1.82) is 0 Å². The number of benzene rings is 7. The molecule has 0 spiro atoms. The highest BCUT2D eigenvalue weighted by Crippen LogP contribution is 2.47. The van der Waals surface area contributed by atoms with E-state index >= 15 is 0 Å². The number of nitrogens with zero attached hydrogens (tertiary/aromatic N) is 2. The standard InChI is InChI=1S/C37H30F9NO4.C33H32F7NO3/c1-19-11-22(21(3)48)5-8-29(19)23-6-10-32(50-4)31(16-23)30-9-7-26(35(38,39)40)15-25(30)18-47-20(2)12-33(51-34(47)49)24-13-27(36(41,42)43)17-28(14-24)37(44,45)46;1-17(2)25-14-27(30(43-4)15-28(25)34)26-12-20-7-5-6-19(20)9-22(26)16-41-18(3)8-29(44-31(41)42)21-10-23(32(35,36)37)13-24(11-21)33(38,39)40/h5-11,13-17,20,33H,12,18H2,1-4H3;9-15,17-18,29H,5-8,16H2,1-4H3/t20-,33-;18-,29-/m00/s1. The zero-order chi connectivity index (χ0) is 69.8. The van der Waals surface area contributed by atoms with Gasteiger partial charge in [0.05, 0.1) is 42.0 Å². The number of cyclic esters (lactones) is 2. The van der Waals surface area contributed by atoms with E-state index in [1.54, 1.807) is 56.3 Å².